The summed E-state index contributed by atoms with van der Waals surface area (Å²) in [6, 6.07) is 12.8. The monoisotopic (exact) mass is 598 g/mol. The molecule has 3 N–H and O–H groups in total. The molecule has 3 fully saturated rings. The van der Waals surface area contributed by atoms with Gasteiger partial charge < -0.3 is 24.8 Å². The summed E-state index contributed by atoms with van der Waals surface area (Å²) in [6.07, 6.45) is 14.1. The zero-order valence-electron chi connectivity index (χ0n) is 26.2. The number of fused-ring (bicyclic) bond motifs is 1. The number of urea groups is 1. The van der Waals surface area contributed by atoms with Crippen molar-refractivity contribution in [3.8, 4) is 0 Å². The van der Waals surface area contributed by atoms with Gasteiger partial charge >= 0.3 is 6.03 Å². The van der Waals surface area contributed by atoms with Gasteiger partial charge in [-0.3, -0.25) is 4.79 Å². The van der Waals surface area contributed by atoms with Crippen LogP contribution < -0.4 is 5.32 Å². The number of allylic oxidation sites excluding steroid dienone is 4. The number of amides is 2. The van der Waals surface area contributed by atoms with Crippen molar-refractivity contribution >= 4 is 17.5 Å². The van der Waals surface area contributed by atoms with Crippen LogP contribution >= 0.6 is 0 Å². The lowest BCUT2D eigenvalue weighted by Crippen LogP contribution is -2.67. The number of aliphatic hydroxyl groups excluding tert-OH is 1. The van der Waals surface area contributed by atoms with Gasteiger partial charge in [-0.2, -0.15) is 0 Å². The van der Waals surface area contributed by atoms with Gasteiger partial charge in [-0.25, -0.2) is 4.79 Å². The molecular weight excluding hydrogens is 552 g/mol. The fourth-order valence-corrected chi connectivity index (χ4v) is 10.7. The summed E-state index contributed by atoms with van der Waals surface area (Å²) in [6.45, 7) is 7.43. The van der Waals surface area contributed by atoms with Crippen LogP contribution in [0.5, 0.6) is 0 Å². The van der Waals surface area contributed by atoms with E-state index in [0.29, 0.717) is 25.1 Å². The summed E-state index contributed by atoms with van der Waals surface area (Å²) in [4.78, 5) is 29.7. The number of carbonyl (C=O) groups excluding carboxylic acids is 2. The Balaban J connectivity index is 1.28. The highest BCUT2D eigenvalue weighted by molar-refractivity contribution is 6.08. The number of hydrogen-bond donors (Lipinski definition) is 3. The topological polar surface area (TPSA) is 103 Å². The molecule has 234 valence electrons. The number of furan rings is 1. The van der Waals surface area contributed by atoms with Crippen molar-refractivity contribution in [2.24, 2.45) is 33.5 Å². The molecule has 2 aromatic rings. The molecule has 0 aliphatic heterocycles. The third-order valence-electron chi connectivity index (χ3n) is 13.0. The molecule has 1 heterocycles. The molecule has 8 rings (SSSR count). The second-order valence-electron chi connectivity index (χ2n) is 14.8. The highest BCUT2D eigenvalue weighted by Gasteiger charge is 2.74. The van der Waals surface area contributed by atoms with Crippen molar-refractivity contribution in [1.82, 2.24) is 4.90 Å². The van der Waals surface area contributed by atoms with E-state index in [4.69, 9.17) is 4.42 Å². The summed E-state index contributed by atoms with van der Waals surface area (Å²) >= 11 is 0. The minimum absolute atomic E-state index is 0.0165. The van der Waals surface area contributed by atoms with Crippen molar-refractivity contribution in [1.29, 1.82) is 0 Å². The summed E-state index contributed by atoms with van der Waals surface area (Å²) in [5.41, 5.74) is -1.15. The first-order chi connectivity index (χ1) is 21.0. The van der Waals surface area contributed by atoms with Crippen LogP contribution in [0.15, 0.2) is 76.9 Å². The Bertz CT molecular complexity index is 1500. The fourth-order valence-electron chi connectivity index (χ4n) is 10.7. The number of benzene rings is 1. The molecule has 1 aromatic heterocycles. The Morgan fingerprint density at radius 3 is 2.43 bits per heavy atom. The first-order valence-electron chi connectivity index (χ1n) is 16.6. The van der Waals surface area contributed by atoms with Crippen LogP contribution in [0.4, 0.5) is 10.5 Å². The van der Waals surface area contributed by atoms with Crippen molar-refractivity contribution in [3.05, 3.63) is 78.3 Å². The molecule has 0 saturated heterocycles. The summed E-state index contributed by atoms with van der Waals surface area (Å²) in [5.74, 6) is 0.482. The molecule has 1 unspecified atom stereocenters. The molecule has 7 nitrogen and oxygen atoms in total. The maximum Gasteiger partial charge on any atom is 0.321 e. The average Bonchev–Trinajstić information content (AvgIpc) is 3.64. The standard InChI is InChI=1S/C37H46N2O5/c1-4-20-39(32(42)38-25-9-6-5-7-10-25)24-36(43)17-14-30-34(36,3)16-13-29-33(2)15-12-26(40)22-35(33)18-19-37(29,30)27(23-35)31(41)28-11-8-21-44-28/h5-11,18-19,21,23,26,29-30,40,43H,4,12-17,20,22,24H2,1-3H3,(H,38,42)/t26?,29-,30-,33-,34+,35+,36-,37-/m1/s1. The maximum atomic E-state index is 14.4. The predicted molar refractivity (Wildman–Crippen MR) is 169 cm³/mol. The van der Waals surface area contributed by atoms with Crippen LogP contribution in [0, 0.1) is 33.5 Å². The fraction of sp³-hybridized carbons (Fsp3) is 0.568. The van der Waals surface area contributed by atoms with Crippen LogP contribution in [0.2, 0.25) is 0 Å². The first-order valence-corrected chi connectivity index (χ1v) is 16.6. The van der Waals surface area contributed by atoms with Crippen molar-refractivity contribution in [3.63, 3.8) is 0 Å². The van der Waals surface area contributed by atoms with E-state index in [1.54, 1.807) is 23.3 Å². The average molecular weight is 599 g/mol. The molecule has 2 bridgehead atoms. The Morgan fingerprint density at radius 2 is 1.70 bits per heavy atom. The van der Waals surface area contributed by atoms with Crippen molar-refractivity contribution < 1.29 is 24.2 Å². The highest BCUT2D eigenvalue weighted by Crippen LogP contribution is 2.78. The van der Waals surface area contributed by atoms with Gasteiger partial charge in [0.2, 0.25) is 5.78 Å². The Labute approximate surface area is 260 Å². The van der Waals surface area contributed by atoms with E-state index in [0.717, 1.165) is 49.8 Å². The Kier molecular flexibility index (Phi) is 6.84. The van der Waals surface area contributed by atoms with Crippen LogP contribution in [0.3, 0.4) is 0 Å². The molecule has 44 heavy (non-hydrogen) atoms. The van der Waals surface area contributed by atoms with Gasteiger partial charge in [0.1, 0.15) is 0 Å². The van der Waals surface area contributed by atoms with Gasteiger partial charge in [0.05, 0.1) is 24.5 Å². The van der Waals surface area contributed by atoms with E-state index in [9.17, 15) is 19.8 Å². The molecule has 6 aliphatic rings. The third kappa shape index (κ3) is 3.94. The summed E-state index contributed by atoms with van der Waals surface area (Å²) in [7, 11) is 0. The molecule has 8 atom stereocenters. The van der Waals surface area contributed by atoms with Gasteiger partial charge in [0.15, 0.2) is 5.76 Å². The quantitative estimate of drug-likeness (QED) is 0.235. The van der Waals surface area contributed by atoms with Gasteiger partial charge in [0.25, 0.3) is 0 Å². The van der Waals surface area contributed by atoms with Gasteiger partial charge in [-0.05, 0) is 92.9 Å². The van der Waals surface area contributed by atoms with Gasteiger partial charge in [-0.1, -0.05) is 57.2 Å². The van der Waals surface area contributed by atoms with Crippen LogP contribution in [0.25, 0.3) is 0 Å². The lowest BCUT2D eigenvalue weighted by Gasteiger charge is -2.71. The lowest BCUT2D eigenvalue weighted by molar-refractivity contribution is -0.174. The minimum Gasteiger partial charge on any atom is -0.461 e. The van der Waals surface area contributed by atoms with Gasteiger partial charge in [0, 0.05) is 34.1 Å². The molecular formula is C37H46N2O5. The largest absolute Gasteiger partial charge is 0.461 e. The Hall–Kier alpha value is -3.16. The number of para-hydroxylation sites is 1. The molecule has 7 heteroatoms. The predicted octanol–water partition coefficient (Wildman–Crippen LogP) is 7.00. The number of carbonyl (C=O) groups is 2. The zero-order chi connectivity index (χ0) is 31.0. The molecule has 6 aliphatic carbocycles. The summed E-state index contributed by atoms with van der Waals surface area (Å²) < 4.78 is 5.68. The number of rotatable bonds is 7. The van der Waals surface area contributed by atoms with Gasteiger partial charge in [-0.15, -0.1) is 0 Å². The number of aliphatic hydroxyl groups is 2. The summed E-state index contributed by atoms with van der Waals surface area (Å²) in [5, 5.41) is 26.6. The zero-order valence-corrected chi connectivity index (χ0v) is 26.2. The van der Waals surface area contributed by atoms with Crippen LogP contribution in [-0.2, 0) is 0 Å². The smallest absolute Gasteiger partial charge is 0.321 e. The first kappa shape index (κ1) is 29.5. The molecule has 2 spiro atoms. The minimum atomic E-state index is -1.11. The number of nitrogens with zero attached hydrogens (tertiary/aromatic N) is 1. The third-order valence-corrected chi connectivity index (χ3v) is 13.0. The second-order valence-corrected chi connectivity index (χ2v) is 14.8. The molecule has 3 saturated carbocycles. The lowest BCUT2D eigenvalue weighted by atomic mass is 9.32. The van der Waals surface area contributed by atoms with Crippen molar-refractivity contribution in [2.45, 2.75) is 83.8 Å². The van der Waals surface area contributed by atoms with E-state index in [1.807, 2.05) is 30.3 Å². The van der Waals surface area contributed by atoms with E-state index >= 15 is 0 Å². The number of anilines is 1. The van der Waals surface area contributed by atoms with Crippen LogP contribution in [-0.4, -0.2) is 51.7 Å². The van der Waals surface area contributed by atoms with E-state index in [1.165, 1.54) is 0 Å². The van der Waals surface area contributed by atoms with E-state index in [-0.39, 0.29) is 41.0 Å². The number of Topliss-reactive ketones (excluding diaryl/α,β-unsaturated/α-hetero) is 1. The number of nitrogens with one attached hydrogen (secondary N) is 1. The Morgan fingerprint density at radius 1 is 0.977 bits per heavy atom. The second kappa shape index (κ2) is 10.2. The molecule has 1 aromatic carbocycles. The maximum absolute atomic E-state index is 14.4. The SMILES string of the molecule is CCCN(C[C@]1(O)CC[C@H]2[C@]34C=C[C@@]5(C=C3C(=O)c3ccco3)CC(O)CC[C@]5(C)[C@H]4CC[C@@]21C)C(=O)Nc1ccccc1. The van der Waals surface area contributed by atoms with Crippen LogP contribution in [0.1, 0.15) is 82.7 Å². The van der Waals surface area contributed by atoms with E-state index < -0.39 is 22.5 Å². The number of hydrogen-bond acceptors (Lipinski definition) is 5. The van der Waals surface area contributed by atoms with Crippen molar-refractivity contribution in [2.75, 3.05) is 18.4 Å². The van der Waals surface area contributed by atoms with E-state index in [2.05, 4.69) is 44.3 Å². The molecule has 0 radical (unpaired) electrons. The number of ketones is 1. The normalized spacial score (nSPS) is 40.0. The highest BCUT2D eigenvalue weighted by atomic mass is 16.3. The molecule has 2 amide bonds.